The molecule has 0 aliphatic carbocycles. The quantitative estimate of drug-likeness (QED) is 0.820. The van der Waals surface area contributed by atoms with Crippen molar-refractivity contribution < 1.29 is 19.1 Å². The number of rotatable bonds is 6. The van der Waals surface area contributed by atoms with Crippen molar-refractivity contribution in [3.8, 4) is 6.07 Å². The van der Waals surface area contributed by atoms with E-state index in [9.17, 15) is 9.59 Å². The minimum absolute atomic E-state index is 0.142. The predicted octanol–water partition coefficient (Wildman–Crippen LogP) is 1.28. The number of hydrogen-bond acceptors (Lipinski definition) is 4. The zero-order valence-corrected chi connectivity index (χ0v) is 10.0. The van der Waals surface area contributed by atoms with Gasteiger partial charge in [-0.3, -0.25) is 9.59 Å². The van der Waals surface area contributed by atoms with Gasteiger partial charge in [-0.1, -0.05) is 0 Å². The van der Waals surface area contributed by atoms with E-state index in [-0.39, 0.29) is 30.1 Å². The van der Waals surface area contributed by atoms with Crippen LogP contribution in [0.25, 0.3) is 0 Å². The van der Waals surface area contributed by atoms with Gasteiger partial charge in [-0.15, -0.1) is 0 Å². The Morgan fingerprint density at radius 3 is 2.83 bits per heavy atom. The third-order valence-corrected chi connectivity index (χ3v) is 2.45. The average molecular weight is 250 g/mol. The van der Waals surface area contributed by atoms with Crippen LogP contribution >= 0.6 is 0 Å². The molecule has 0 bridgehead atoms. The standard InChI is InChI=1S/C12H14N2O4/c1-2-14(6-3-5-13)12(17)9-4-7-18-10(9)8-11(15)16/h4,7H,2-3,6,8H2,1H3,(H,15,16). The summed E-state index contributed by atoms with van der Waals surface area (Å²) >= 11 is 0. The van der Waals surface area contributed by atoms with Crippen LogP contribution in [-0.2, 0) is 11.2 Å². The van der Waals surface area contributed by atoms with Gasteiger partial charge in [0, 0.05) is 13.1 Å². The number of carboxylic acid groups (broad SMARTS) is 1. The van der Waals surface area contributed by atoms with Gasteiger partial charge in [0.1, 0.15) is 12.2 Å². The summed E-state index contributed by atoms with van der Waals surface area (Å²) in [5.41, 5.74) is 0.247. The van der Waals surface area contributed by atoms with Crippen molar-refractivity contribution in [2.75, 3.05) is 13.1 Å². The first-order valence-electron chi connectivity index (χ1n) is 5.54. The maximum absolute atomic E-state index is 12.1. The van der Waals surface area contributed by atoms with Crippen molar-refractivity contribution in [3.63, 3.8) is 0 Å². The van der Waals surface area contributed by atoms with E-state index in [0.29, 0.717) is 13.1 Å². The van der Waals surface area contributed by atoms with E-state index in [4.69, 9.17) is 14.8 Å². The molecule has 0 aromatic carbocycles. The summed E-state index contributed by atoms with van der Waals surface area (Å²) < 4.78 is 5.00. The number of amides is 1. The summed E-state index contributed by atoms with van der Waals surface area (Å²) in [7, 11) is 0. The van der Waals surface area contributed by atoms with Gasteiger partial charge in [-0.05, 0) is 13.0 Å². The lowest BCUT2D eigenvalue weighted by Crippen LogP contribution is -2.32. The lowest BCUT2D eigenvalue weighted by atomic mass is 10.1. The van der Waals surface area contributed by atoms with Crippen LogP contribution < -0.4 is 0 Å². The average Bonchev–Trinajstić information content (AvgIpc) is 2.77. The van der Waals surface area contributed by atoms with Crippen molar-refractivity contribution in [3.05, 3.63) is 23.7 Å². The summed E-state index contributed by atoms with van der Waals surface area (Å²) in [6.07, 6.45) is 1.21. The van der Waals surface area contributed by atoms with Crippen LogP contribution in [0.3, 0.4) is 0 Å². The first kappa shape index (κ1) is 13.8. The van der Waals surface area contributed by atoms with Crippen LogP contribution in [0.4, 0.5) is 0 Å². The van der Waals surface area contributed by atoms with E-state index in [1.54, 1.807) is 6.92 Å². The van der Waals surface area contributed by atoms with E-state index in [1.807, 2.05) is 6.07 Å². The molecule has 0 fully saturated rings. The second-order valence-corrected chi connectivity index (χ2v) is 3.62. The van der Waals surface area contributed by atoms with Gasteiger partial charge in [0.25, 0.3) is 5.91 Å². The highest BCUT2D eigenvalue weighted by Crippen LogP contribution is 2.14. The Bertz CT molecular complexity index is 473. The van der Waals surface area contributed by atoms with Crippen LogP contribution in [-0.4, -0.2) is 35.0 Å². The molecule has 0 unspecified atom stereocenters. The molecule has 0 saturated heterocycles. The molecule has 0 spiro atoms. The monoisotopic (exact) mass is 250 g/mol. The summed E-state index contributed by atoms with van der Waals surface area (Å²) in [6, 6.07) is 3.42. The molecule has 6 nitrogen and oxygen atoms in total. The van der Waals surface area contributed by atoms with Crippen molar-refractivity contribution in [1.82, 2.24) is 4.90 Å². The molecule has 1 aromatic rings. The zero-order chi connectivity index (χ0) is 13.5. The van der Waals surface area contributed by atoms with E-state index in [0.717, 1.165) is 0 Å². The molecule has 0 saturated carbocycles. The van der Waals surface area contributed by atoms with Crippen LogP contribution in [0, 0.1) is 11.3 Å². The van der Waals surface area contributed by atoms with E-state index in [1.165, 1.54) is 17.2 Å². The number of nitrogens with zero attached hydrogens (tertiary/aromatic N) is 2. The SMILES string of the molecule is CCN(CCC#N)C(=O)c1ccoc1CC(=O)O. The highest BCUT2D eigenvalue weighted by molar-refractivity contribution is 5.96. The summed E-state index contributed by atoms with van der Waals surface area (Å²) in [5, 5.41) is 17.2. The fourth-order valence-corrected chi connectivity index (χ4v) is 1.56. The van der Waals surface area contributed by atoms with Crippen LogP contribution in [0.15, 0.2) is 16.7 Å². The Morgan fingerprint density at radius 1 is 1.56 bits per heavy atom. The number of carbonyl (C=O) groups excluding carboxylic acids is 1. The van der Waals surface area contributed by atoms with Crippen molar-refractivity contribution in [2.45, 2.75) is 19.8 Å². The van der Waals surface area contributed by atoms with Crippen LogP contribution in [0.2, 0.25) is 0 Å². The maximum Gasteiger partial charge on any atom is 0.311 e. The molecule has 0 aliphatic rings. The Kier molecular flexibility index (Phi) is 4.93. The highest BCUT2D eigenvalue weighted by atomic mass is 16.4. The fourth-order valence-electron chi connectivity index (χ4n) is 1.56. The Hall–Kier alpha value is -2.29. The van der Waals surface area contributed by atoms with Crippen molar-refractivity contribution in [1.29, 1.82) is 5.26 Å². The summed E-state index contributed by atoms with van der Waals surface area (Å²) in [6.45, 7) is 2.58. The molecule has 1 aromatic heterocycles. The Labute approximate surface area is 104 Å². The second-order valence-electron chi connectivity index (χ2n) is 3.62. The van der Waals surface area contributed by atoms with Gasteiger partial charge in [0.2, 0.25) is 0 Å². The number of carboxylic acids is 1. The molecule has 18 heavy (non-hydrogen) atoms. The predicted molar refractivity (Wildman–Crippen MR) is 61.9 cm³/mol. The van der Waals surface area contributed by atoms with E-state index < -0.39 is 5.97 Å². The number of carbonyl (C=O) groups is 2. The topological polar surface area (TPSA) is 94.5 Å². The maximum atomic E-state index is 12.1. The molecular formula is C12H14N2O4. The van der Waals surface area contributed by atoms with Crippen LogP contribution in [0.5, 0.6) is 0 Å². The molecule has 1 rings (SSSR count). The molecule has 1 N–H and O–H groups in total. The minimum Gasteiger partial charge on any atom is -0.481 e. The molecule has 0 atom stereocenters. The second kappa shape index (κ2) is 6.45. The van der Waals surface area contributed by atoms with Gasteiger partial charge in [0.05, 0.1) is 24.3 Å². The molecule has 1 amide bonds. The molecular weight excluding hydrogens is 236 g/mol. The normalized spacial score (nSPS) is 9.78. The lowest BCUT2D eigenvalue weighted by Gasteiger charge is -2.19. The van der Waals surface area contributed by atoms with Crippen LogP contribution in [0.1, 0.15) is 29.5 Å². The number of aliphatic carboxylic acids is 1. The number of nitriles is 1. The first-order chi connectivity index (χ1) is 8.60. The molecule has 0 aliphatic heterocycles. The minimum atomic E-state index is -1.06. The van der Waals surface area contributed by atoms with Gasteiger partial charge >= 0.3 is 5.97 Å². The lowest BCUT2D eigenvalue weighted by molar-refractivity contribution is -0.136. The highest BCUT2D eigenvalue weighted by Gasteiger charge is 2.21. The van der Waals surface area contributed by atoms with E-state index >= 15 is 0 Å². The van der Waals surface area contributed by atoms with Crippen molar-refractivity contribution >= 4 is 11.9 Å². The van der Waals surface area contributed by atoms with Gasteiger partial charge < -0.3 is 14.4 Å². The van der Waals surface area contributed by atoms with Crippen molar-refractivity contribution in [2.24, 2.45) is 0 Å². The van der Waals surface area contributed by atoms with Gasteiger partial charge in [0.15, 0.2) is 0 Å². The molecule has 1 heterocycles. The smallest absolute Gasteiger partial charge is 0.311 e. The van der Waals surface area contributed by atoms with Gasteiger partial charge in [-0.25, -0.2) is 0 Å². The number of furan rings is 1. The largest absolute Gasteiger partial charge is 0.481 e. The number of hydrogen-bond donors (Lipinski definition) is 1. The first-order valence-corrected chi connectivity index (χ1v) is 5.54. The fraction of sp³-hybridized carbons (Fsp3) is 0.417. The van der Waals surface area contributed by atoms with Gasteiger partial charge in [-0.2, -0.15) is 5.26 Å². The molecule has 96 valence electrons. The van der Waals surface area contributed by atoms with E-state index in [2.05, 4.69) is 0 Å². The molecule has 0 radical (unpaired) electrons. The Balaban J connectivity index is 2.85. The zero-order valence-electron chi connectivity index (χ0n) is 10.0. The summed E-state index contributed by atoms with van der Waals surface area (Å²) in [4.78, 5) is 24.2. The Morgan fingerprint density at radius 2 is 2.28 bits per heavy atom. The molecule has 6 heteroatoms. The third kappa shape index (κ3) is 3.35. The third-order valence-electron chi connectivity index (χ3n) is 2.45. The summed E-state index contributed by atoms with van der Waals surface area (Å²) in [5.74, 6) is -1.22.